The lowest BCUT2D eigenvalue weighted by atomic mass is 10.1. The summed E-state index contributed by atoms with van der Waals surface area (Å²) in [5.74, 6) is -1.04. The number of aromatic carboxylic acids is 1. The molecule has 2 aliphatic carbocycles. The van der Waals surface area contributed by atoms with Gasteiger partial charge in [-0.05, 0) is 55.4 Å². The van der Waals surface area contributed by atoms with Crippen LogP contribution in [0.4, 0.5) is 5.69 Å². The average molecular weight is 477 g/mol. The number of carbonyl (C=O) groups is 1. The number of ether oxygens (including phenoxy) is 1. The van der Waals surface area contributed by atoms with Crippen molar-refractivity contribution in [3.63, 3.8) is 0 Å². The Morgan fingerprint density at radius 1 is 1.19 bits per heavy atom. The van der Waals surface area contributed by atoms with Crippen LogP contribution in [0.25, 0.3) is 0 Å². The Balaban J connectivity index is 1.73. The number of nitrogens with zero attached hydrogens (tertiary/aromatic N) is 1. The van der Waals surface area contributed by atoms with Gasteiger partial charge < -0.3 is 14.9 Å². The SMILES string of the molecule is N#Cc1cc(NS(=O)(=O)c2cc(C(=O)O)ccc2C2CC2)c(OC2CCC(O)C2)cc1Cl. The zero-order valence-electron chi connectivity index (χ0n) is 16.9. The van der Waals surface area contributed by atoms with Crippen LogP contribution in [0.15, 0.2) is 35.2 Å². The van der Waals surface area contributed by atoms with Crippen molar-refractivity contribution in [2.75, 3.05) is 4.72 Å². The van der Waals surface area contributed by atoms with E-state index in [0.29, 0.717) is 24.8 Å². The van der Waals surface area contributed by atoms with Crippen molar-refractivity contribution < 1.29 is 28.2 Å². The number of aliphatic hydroxyl groups excluding tert-OH is 1. The Bertz CT molecular complexity index is 1220. The number of anilines is 1. The highest BCUT2D eigenvalue weighted by Crippen LogP contribution is 2.44. The first kappa shape index (κ1) is 22.4. The summed E-state index contributed by atoms with van der Waals surface area (Å²) < 4.78 is 35.1. The van der Waals surface area contributed by atoms with E-state index in [-0.39, 0.29) is 44.5 Å². The lowest BCUT2D eigenvalue weighted by Gasteiger charge is -2.19. The Hall–Kier alpha value is -2.80. The van der Waals surface area contributed by atoms with Gasteiger partial charge in [0.25, 0.3) is 10.0 Å². The third-order valence-electron chi connectivity index (χ3n) is 5.65. The van der Waals surface area contributed by atoms with Crippen LogP contribution in [0, 0.1) is 11.3 Å². The monoisotopic (exact) mass is 476 g/mol. The van der Waals surface area contributed by atoms with Crippen LogP contribution in [0.5, 0.6) is 5.75 Å². The summed E-state index contributed by atoms with van der Waals surface area (Å²) in [4.78, 5) is 11.3. The molecule has 3 N–H and O–H groups in total. The summed E-state index contributed by atoms with van der Waals surface area (Å²) in [7, 11) is -4.20. The van der Waals surface area contributed by atoms with E-state index in [2.05, 4.69) is 4.72 Å². The van der Waals surface area contributed by atoms with Crippen LogP contribution >= 0.6 is 11.6 Å². The van der Waals surface area contributed by atoms with Crippen LogP contribution in [0.1, 0.15) is 59.5 Å². The standard InChI is InChI=1S/C22H21ClN2O6S/c23-18-10-20(31-16-5-4-15(26)9-16)19(7-14(18)11-24)25-32(29,30)21-8-13(22(27)28)3-6-17(21)12-1-2-12/h3,6-8,10,12,15-16,25-26H,1-2,4-5,9H2,(H,27,28). The Kier molecular flexibility index (Phi) is 6.03. The van der Waals surface area contributed by atoms with Gasteiger partial charge in [0, 0.05) is 12.5 Å². The van der Waals surface area contributed by atoms with Crippen LogP contribution in [0.3, 0.4) is 0 Å². The normalized spacial score (nSPS) is 20.5. The number of nitriles is 1. The number of rotatable bonds is 7. The molecule has 2 saturated carbocycles. The molecule has 2 unspecified atom stereocenters. The van der Waals surface area contributed by atoms with Crippen molar-refractivity contribution in [3.8, 4) is 11.8 Å². The number of carboxylic acids is 1. The molecule has 0 spiro atoms. The maximum atomic E-state index is 13.3. The molecule has 0 bridgehead atoms. The molecule has 0 aromatic heterocycles. The summed E-state index contributed by atoms with van der Waals surface area (Å²) >= 11 is 6.14. The molecule has 2 aliphatic rings. The molecular formula is C22H21ClN2O6S. The summed E-state index contributed by atoms with van der Waals surface area (Å²) in [6.07, 6.45) is 2.40. The number of halogens is 1. The molecule has 10 heteroatoms. The van der Waals surface area contributed by atoms with Gasteiger partial charge in [-0.25, -0.2) is 13.2 Å². The van der Waals surface area contributed by atoms with E-state index in [1.165, 1.54) is 24.3 Å². The zero-order chi connectivity index (χ0) is 23.0. The summed E-state index contributed by atoms with van der Waals surface area (Å²) in [5.41, 5.74) is 0.498. The molecule has 32 heavy (non-hydrogen) atoms. The van der Waals surface area contributed by atoms with Gasteiger partial charge in [-0.15, -0.1) is 0 Å². The van der Waals surface area contributed by atoms with Gasteiger partial charge in [-0.3, -0.25) is 4.72 Å². The van der Waals surface area contributed by atoms with E-state index in [1.807, 2.05) is 6.07 Å². The van der Waals surface area contributed by atoms with E-state index in [1.54, 1.807) is 0 Å². The summed E-state index contributed by atoms with van der Waals surface area (Å²) in [6.45, 7) is 0. The number of benzene rings is 2. The number of hydrogen-bond donors (Lipinski definition) is 3. The lowest BCUT2D eigenvalue weighted by molar-refractivity contribution is 0.0696. The molecule has 4 rings (SSSR count). The fourth-order valence-electron chi connectivity index (χ4n) is 3.85. The van der Waals surface area contributed by atoms with E-state index in [4.69, 9.17) is 16.3 Å². The quantitative estimate of drug-likeness (QED) is 0.551. The number of carboxylic acid groups (broad SMARTS) is 1. The molecule has 0 heterocycles. The molecule has 2 fully saturated rings. The molecule has 2 aromatic rings. The van der Waals surface area contributed by atoms with Gasteiger partial charge in [0.15, 0.2) is 0 Å². The average Bonchev–Trinajstić information content (AvgIpc) is 3.51. The number of hydrogen-bond acceptors (Lipinski definition) is 6. The topological polar surface area (TPSA) is 137 Å². The summed E-state index contributed by atoms with van der Waals surface area (Å²) in [6, 6.07) is 8.65. The molecular weight excluding hydrogens is 456 g/mol. The van der Waals surface area contributed by atoms with E-state index in [0.717, 1.165) is 18.9 Å². The van der Waals surface area contributed by atoms with Crippen LogP contribution < -0.4 is 9.46 Å². The van der Waals surface area contributed by atoms with Gasteiger partial charge in [-0.1, -0.05) is 17.7 Å². The number of aliphatic hydroxyl groups is 1. The van der Waals surface area contributed by atoms with Crippen molar-refractivity contribution in [1.29, 1.82) is 5.26 Å². The minimum atomic E-state index is -4.20. The van der Waals surface area contributed by atoms with E-state index < -0.39 is 22.1 Å². The predicted molar refractivity (Wildman–Crippen MR) is 117 cm³/mol. The molecule has 2 atom stereocenters. The molecule has 2 aromatic carbocycles. The van der Waals surface area contributed by atoms with Gasteiger partial charge in [0.2, 0.25) is 0 Å². The predicted octanol–water partition coefficient (Wildman–Crippen LogP) is 3.88. The smallest absolute Gasteiger partial charge is 0.335 e. The van der Waals surface area contributed by atoms with Crippen molar-refractivity contribution >= 4 is 33.3 Å². The second-order valence-corrected chi connectivity index (χ2v) is 10.1. The fraction of sp³-hybridized carbons (Fsp3) is 0.364. The molecule has 8 nitrogen and oxygen atoms in total. The molecule has 0 radical (unpaired) electrons. The van der Waals surface area contributed by atoms with Crippen molar-refractivity contribution in [3.05, 3.63) is 52.0 Å². The van der Waals surface area contributed by atoms with Gasteiger partial charge >= 0.3 is 5.97 Å². The molecule has 168 valence electrons. The van der Waals surface area contributed by atoms with Crippen molar-refractivity contribution in [1.82, 2.24) is 0 Å². The maximum Gasteiger partial charge on any atom is 0.335 e. The van der Waals surface area contributed by atoms with E-state index in [9.17, 15) is 28.7 Å². The highest BCUT2D eigenvalue weighted by Gasteiger charge is 2.32. The first-order valence-corrected chi connectivity index (χ1v) is 12.0. The summed E-state index contributed by atoms with van der Waals surface area (Å²) in [5, 5.41) is 28.5. The first-order chi connectivity index (χ1) is 15.2. The number of sulfonamides is 1. The minimum Gasteiger partial charge on any atom is -0.488 e. The van der Waals surface area contributed by atoms with Gasteiger partial charge in [-0.2, -0.15) is 5.26 Å². The van der Waals surface area contributed by atoms with Crippen LogP contribution in [0.2, 0.25) is 5.02 Å². The second kappa shape index (κ2) is 8.62. The molecule has 0 amide bonds. The fourth-order valence-corrected chi connectivity index (χ4v) is 5.44. The van der Waals surface area contributed by atoms with Gasteiger partial charge in [0.1, 0.15) is 17.9 Å². The largest absolute Gasteiger partial charge is 0.488 e. The third kappa shape index (κ3) is 4.67. The van der Waals surface area contributed by atoms with Crippen LogP contribution in [-0.4, -0.2) is 36.8 Å². The Morgan fingerprint density at radius 3 is 2.53 bits per heavy atom. The second-order valence-electron chi connectivity index (χ2n) is 8.08. The highest BCUT2D eigenvalue weighted by atomic mass is 35.5. The third-order valence-corrected chi connectivity index (χ3v) is 7.39. The van der Waals surface area contributed by atoms with Crippen LogP contribution in [-0.2, 0) is 10.0 Å². The molecule has 0 aliphatic heterocycles. The van der Waals surface area contributed by atoms with Crippen molar-refractivity contribution in [2.45, 2.75) is 55.1 Å². The highest BCUT2D eigenvalue weighted by molar-refractivity contribution is 7.92. The Labute approximate surface area is 190 Å². The van der Waals surface area contributed by atoms with Crippen molar-refractivity contribution in [2.24, 2.45) is 0 Å². The maximum absolute atomic E-state index is 13.3. The minimum absolute atomic E-state index is 0.0230. The Morgan fingerprint density at radius 2 is 1.94 bits per heavy atom. The molecule has 0 saturated heterocycles. The van der Waals surface area contributed by atoms with E-state index >= 15 is 0 Å². The van der Waals surface area contributed by atoms with Gasteiger partial charge in [0.05, 0.1) is 32.8 Å². The lowest BCUT2D eigenvalue weighted by Crippen LogP contribution is -2.19. The number of nitrogens with one attached hydrogen (secondary N) is 1. The first-order valence-electron chi connectivity index (χ1n) is 10.2. The zero-order valence-corrected chi connectivity index (χ0v) is 18.5.